The van der Waals surface area contributed by atoms with Crippen LogP contribution in [0.3, 0.4) is 0 Å². The van der Waals surface area contributed by atoms with Gasteiger partial charge in [-0.2, -0.15) is 0 Å². The van der Waals surface area contributed by atoms with Gasteiger partial charge in [0.25, 0.3) is 0 Å². The van der Waals surface area contributed by atoms with Gasteiger partial charge in [-0.1, -0.05) is 19.9 Å². The van der Waals surface area contributed by atoms with Gasteiger partial charge in [-0.25, -0.2) is 4.79 Å². The number of likely N-dealkylation sites (N-methyl/N-ethyl adjacent to an activating group) is 1. The van der Waals surface area contributed by atoms with E-state index in [2.05, 4.69) is 5.32 Å². The molecule has 0 aliphatic carbocycles. The van der Waals surface area contributed by atoms with Crippen molar-refractivity contribution in [2.75, 3.05) is 13.6 Å². The predicted molar refractivity (Wildman–Crippen MR) is 66.9 cm³/mol. The Bertz CT molecular complexity index is 350. The standard InChI is InChI=1S/C12H20N2O4/c1-8(2)10(5-9(3)12(17)18)14(4)11(16)6-13-7-15/h5,7-8,10H,6H2,1-4H3,(H,13,15)(H,17,18)/t10-/m1/s1. The Morgan fingerprint density at radius 2 is 1.94 bits per heavy atom. The average molecular weight is 256 g/mol. The van der Waals surface area contributed by atoms with Gasteiger partial charge in [0, 0.05) is 12.6 Å². The molecule has 0 aliphatic heterocycles. The summed E-state index contributed by atoms with van der Waals surface area (Å²) < 4.78 is 0. The summed E-state index contributed by atoms with van der Waals surface area (Å²) in [6.45, 7) is 5.18. The first-order chi connectivity index (χ1) is 8.31. The molecule has 102 valence electrons. The highest BCUT2D eigenvalue weighted by molar-refractivity contribution is 5.86. The number of hydrogen-bond donors (Lipinski definition) is 2. The van der Waals surface area contributed by atoms with Crippen LogP contribution in [0.25, 0.3) is 0 Å². The Hall–Kier alpha value is -1.85. The molecule has 0 saturated heterocycles. The molecule has 0 fully saturated rings. The Kier molecular flexibility index (Phi) is 6.70. The van der Waals surface area contributed by atoms with E-state index in [1.807, 2.05) is 13.8 Å². The van der Waals surface area contributed by atoms with Crippen LogP contribution in [-0.4, -0.2) is 47.9 Å². The van der Waals surface area contributed by atoms with Gasteiger partial charge >= 0.3 is 5.97 Å². The molecule has 0 heterocycles. The Morgan fingerprint density at radius 3 is 2.33 bits per heavy atom. The largest absolute Gasteiger partial charge is 0.478 e. The van der Waals surface area contributed by atoms with Crippen molar-refractivity contribution >= 4 is 18.3 Å². The zero-order chi connectivity index (χ0) is 14.3. The Balaban J connectivity index is 4.90. The number of nitrogens with zero attached hydrogens (tertiary/aromatic N) is 1. The third kappa shape index (κ3) is 4.99. The van der Waals surface area contributed by atoms with Gasteiger partial charge in [-0.15, -0.1) is 0 Å². The molecule has 0 aliphatic rings. The fraction of sp³-hybridized carbons (Fsp3) is 0.583. The first-order valence-corrected chi connectivity index (χ1v) is 5.65. The summed E-state index contributed by atoms with van der Waals surface area (Å²) in [7, 11) is 1.59. The first-order valence-electron chi connectivity index (χ1n) is 5.65. The molecular formula is C12H20N2O4. The molecule has 0 radical (unpaired) electrons. The lowest BCUT2D eigenvalue weighted by molar-refractivity contribution is -0.133. The van der Waals surface area contributed by atoms with E-state index in [9.17, 15) is 14.4 Å². The third-order valence-electron chi connectivity index (χ3n) is 2.62. The zero-order valence-corrected chi connectivity index (χ0v) is 11.1. The summed E-state index contributed by atoms with van der Waals surface area (Å²) in [4.78, 5) is 34.1. The Labute approximate surface area is 107 Å². The van der Waals surface area contributed by atoms with Crippen molar-refractivity contribution in [1.29, 1.82) is 0 Å². The monoisotopic (exact) mass is 256 g/mol. The molecule has 0 rings (SSSR count). The highest BCUT2D eigenvalue weighted by Gasteiger charge is 2.21. The molecule has 2 amide bonds. The summed E-state index contributed by atoms with van der Waals surface area (Å²) in [5.74, 6) is -1.20. The van der Waals surface area contributed by atoms with Crippen LogP contribution >= 0.6 is 0 Å². The summed E-state index contributed by atoms with van der Waals surface area (Å²) in [5, 5.41) is 11.1. The van der Waals surface area contributed by atoms with Crippen LogP contribution in [0, 0.1) is 5.92 Å². The molecule has 0 bridgehead atoms. The minimum atomic E-state index is -1.01. The van der Waals surface area contributed by atoms with Gasteiger partial charge in [0.2, 0.25) is 12.3 Å². The fourth-order valence-corrected chi connectivity index (χ4v) is 1.50. The highest BCUT2D eigenvalue weighted by atomic mass is 16.4. The molecule has 0 unspecified atom stereocenters. The molecule has 0 aromatic heterocycles. The van der Waals surface area contributed by atoms with Crippen molar-refractivity contribution in [3.63, 3.8) is 0 Å². The molecule has 1 atom stereocenters. The Morgan fingerprint density at radius 1 is 1.39 bits per heavy atom. The van der Waals surface area contributed by atoms with Gasteiger partial charge in [0.1, 0.15) is 0 Å². The highest BCUT2D eigenvalue weighted by Crippen LogP contribution is 2.13. The fourth-order valence-electron chi connectivity index (χ4n) is 1.50. The molecule has 2 N–H and O–H groups in total. The van der Waals surface area contributed by atoms with Gasteiger partial charge in [0.15, 0.2) is 0 Å². The normalized spacial score (nSPS) is 13.1. The molecule has 6 nitrogen and oxygen atoms in total. The smallest absolute Gasteiger partial charge is 0.331 e. The van der Waals surface area contributed by atoms with Crippen molar-refractivity contribution in [1.82, 2.24) is 10.2 Å². The van der Waals surface area contributed by atoms with Crippen molar-refractivity contribution in [2.24, 2.45) is 5.92 Å². The lowest BCUT2D eigenvalue weighted by Gasteiger charge is -2.29. The van der Waals surface area contributed by atoms with E-state index in [-0.39, 0.29) is 30.0 Å². The quantitative estimate of drug-likeness (QED) is 0.505. The number of carboxylic acids is 1. The lowest BCUT2D eigenvalue weighted by atomic mass is 10.00. The van der Waals surface area contributed by atoms with Crippen LogP contribution in [0.1, 0.15) is 20.8 Å². The number of aliphatic carboxylic acids is 1. The number of carbonyl (C=O) groups is 3. The predicted octanol–water partition coefficient (Wildman–Crippen LogP) is 0.246. The van der Waals surface area contributed by atoms with E-state index < -0.39 is 5.97 Å². The van der Waals surface area contributed by atoms with Crippen LogP contribution in [0.2, 0.25) is 0 Å². The second-order valence-electron chi connectivity index (χ2n) is 4.39. The zero-order valence-electron chi connectivity index (χ0n) is 11.1. The van der Waals surface area contributed by atoms with Gasteiger partial charge in [-0.05, 0) is 12.8 Å². The number of amides is 2. The van der Waals surface area contributed by atoms with E-state index in [1.165, 1.54) is 11.8 Å². The van der Waals surface area contributed by atoms with E-state index in [0.717, 1.165) is 0 Å². The molecule has 0 aromatic rings. The molecule has 18 heavy (non-hydrogen) atoms. The second kappa shape index (κ2) is 7.47. The average Bonchev–Trinajstić information content (AvgIpc) is 2.30. The van der Waals surface area contributed by atoms with Crippen LogP contribution in [0.5, 0.6) is 0 Å². The molecule has 0 spiro atoms. The van der Waals surface area contributed by atoms with E-state index in [1.54, 1.807) is 13.1 Å². The number of carbonyl (C=O) groups excluding carboxylic acids is 2. The van der Waals surface area contributed by atoms with Gasteiger partial charge in [0.05, 0.1) is 12.6 Å². The van der Waals surface area contributed by atoms with Crippen LogP contribution < -0.4 is 5.32 Å². The number of rotatable bonds is 7. The van der Waals surface area contributed by atoms with Gasteiger partial charge < -0.3 is 15.3 Å². The molecule has 0 aromatic carbocycles. The summed E-state index contributed by atoms with van der Waals surface area (Å²) in [6.07, 6.45) is 2.00. The summed E-state index contributed by atoms with van der Waals surface area (Å²) >= 11 is 0. The number of nitrogens with one attached hydrogen (secondary N) is 1. The van der Waals surface area contributed by atoms with Gasteiger partial charge in [-0.3, -0.25) is 9.59 Å². The minimum absolute atomic E-state index is 0.0736. The van der Waals surface area contributed by atoms with Crippen molar-refractivity contribution < 1.29 is 19.5 Å². The number of hydrogen-bond acceptors (Lipinski definition) is 3. The van der Waals surface area contributed by atoms with E-state index >= 15 is 0 Å². The lowest BCUT2D eigenvalue weighted by Crippen LogP contribution is -2.43. The second-order valence-corrected chi connectivity index (χ2v) is 4.39. The topological polar surface area (TPSA) is 86.7 Å². The maximum Gasteiger partial charge on any atom is 0.331 e. The van der Waals surface area contributed by atoms with Crippen LogP contribution in [0.4, 0.5) is 0 Å². The maximum absolute atomic E-state index is 11.7. The van der Waals surface area contributed by atoms with Crippen molar-refractivity contribution in [2.45, 2.75) is 26.8 Å². The minimum Gasteiger partial charge on any atom is -0.478 e. The summed E-state index contributed by atoms with van der Waals surface area (Å²) in [5.41, 5.74) is 0.191. The van der Waals surface area contributed by atoms with E-state index in [4.69, 9.17) is 5.11 Å². The maximum atomic E-state index is 11.7. The van der Waals surface area contributed by atoms with E-state index in [0.29, 0.717) is 6.41 Å². The SMILES string of the molecule is CC(=C[C@H](C(C)C)N(C)C(=O)CNC=O)C(=O)O. The first kappa shape index (κ1) is 16.1. The third-order valence-corrected chi connectivity index (χ3v) is 2.62. The van der Waals surface area contributed by atoms with Crippen molar-refractivity contribution in [3.8, 4) is 0 Å². The van der Waals surface area contributed by atoms with Crippen molar-refractivity contribution in [3.05, 3.63) is 11.6 Å². The molecule has 6 heteroatoms. The van der Waals surface area contributed by atoms with Crippen LogP contribution in [0.15, 0.2) is 11.6 Å². The van der Waals surface area contributed by atoms with Crippen LogP contribution in [-0.2, 0) is 14.4 Å². The molecular weight excluding hydrogens is 236 g/mol. The number of carboxylic acid groups (broad SMARTS) is 1. The summed E-state index contributed by atoms with van der Waals surface area (Å²) in [6, 6.07) is -0.318. The molecule has 0 saturated carbocycles.